The molecule has 2 heterocycles. The van der Waals surface area contributed by atoms with Crippen molar-refractivity contribution in [2.24, 2.45) is 0 Å². The first-order valence-corrected chi connectivity index (χ1v) is 3.33. The van der Waals surface area contributed by atoms with Crippen LogP contribution in [0.1, 0.15) is 17.6 Å². The van der Waals surface area contributed by atoms with Crippen molar-refractivity contribution in [3.05, 3.63) is 23.7 Å². The lowest BCUT2D eigenvalue weighted by Gasteiger charge is -1.87. The van der Waals surface area contributed by atoms with Crippen molar-refractivity contribution in [1.29, 1.82) is 0 Å². The van der Waals surface area contributed by atoms with E-state index in [4.69, 9.17) is 9.52 Å². The number of nitrogens with one attached hydrogen (secondary N) is 1. The van der Waals surface area contributed by atoms with E-state index < -0.39 is 0 Å². The van der Waals surface area contributed by atoms with Gasteiger partial charge in [-0.15, -0.1) is 0 Å². The van der Waals surface area contributed by atoms with Gasteiger partial charge in [-0.2, -0.15) is 0 Å². The first-order valence-electron chi connectivity index (χ1n) is 3.33. The van der Waals surface area contributed by atoms with Crippen LogP contribution in [-0.4, -0.2) is 11.7 Å². The molecule has 0 saturated carbocycles. The van der Waals surface area contributed by atoms with E-state index in [-0.39, 0.29) is 6.61 Å². The van der Waals surface area contributed by atoms with Crippen molar-refractivity contribution < 1.29 is 9.52 Å². The minimum atomic E-state index is -0.00722. The van der Waals surface area contributed by atoms with E-state index in [1.54, 1.807) is 6.07 Å². The Kier molecular flexibility index (Phi) is 1.25. The van der Waals surface area contributed by atoms with Crippen LogP contribution in [0.4, 0.5) is 0 Å². The molecule has 1 aliphatic rings. The molecule has 0 radical (unpaired) electrons. The molecule has 1 aromatic heterocycles. The van der Waals surface area contributed by atoms with Crippen LogP contribution in [0.2, 0.25) is 0 Å². The standard InChI is InChI=1S/C7H9NO2/c9-4-5-1-2-7(10-5)6-3-8-6/h1-2,6,8-9H,3-4H2/t6-/m1/s1. The monoisotopic (exact) mass is 139 g/mol. The van der Waals surface area contributed by atoms with Gasteiger partial charge in [-0.25, -0.2) is 0 Å². The Balaban J connectivity index is 2.19. The number of rotatable bonds is 2. The second-order valence-corrected chi connectivity index (χ2v) is 2.42. The summed E-state index contributed by atoms with van der Waals surface area (Å²) < 4.78 is 5.24. The second kappa shape index (κ2) is 2.11. The van der Waals surface area contributed by atoms with Gasteiger partial charge in [0.05, 0.1) is 6.04 Å². The molecule has 10 heavy (non-hydrogen) atoms. The molecule has 1 aromatic rings. The fraction of sp³-hybridized carbons (Fsp3) is 0.429. The lowest BCUT2D eigenvalue weighted by Crippen LogP contribution is -1.78. The van der Waals surface area contributed by atoms with Crippen molar-refractivity contribution in [3.8, 4) is 0 Å². The summed E-state index contributed by atoms with van der Waals surface area (Å²) >= 11 is 0. The van der Waals surface area contributed by atoms with Gasteiger partial charge in [-0.1, -0.05) is 0 Å². The second-order valence-electron chi connectivity index (χ2n) is 2.42. The largest absolute Gasteiger partial charge is 0.462 e. The predicted molar refractivity (Wildman–Crippen MR) is 35.4 cm³/mol. The predicted octanol–water partition coefficient (Wildman–Crippen LogP) is 0.416. The fourth-order valence-corrected chi connectivity index (χ4v) is 0.927. The molecule has 0 amide bonds. The van der Waals surface area contributed by atoms with Crippen molar-refractivity contribution in [3.63, 3.8) is 0 Å². The molecule has 0 aliphatic carbocycles. The summed E-state index contributed by atoms with van der Waals surface area (Å²) in [5, 5.41) is 11.8. The number of furan rings is 1. The Hall–Kier alpha value is -0.800. The third kappa shape index (κ3) is 0.936. The lowest BCUT2D eigenvalue weighted by molar-refractivity contribution is 0.243. The normalized spacial score (nSPS) is 23.1. The molecule has 54 valence electrons. The molecule has 0 spiro atoms. The molecular weight excluding hydrogens is 130 g/mol. The number of aliphatic hydroxyl groups is 1. The minimum absolute atomic E-state index is 0.00722. The van der Waals surface area contributed by atoms with E-state index in [0.29, 0.717) is 11.8 Å². The number of hydrogen-bond acceptors (Lipinski definition) is 3. The van der Waals surface area contributed by atoms with Gasteiger partial charge in [-0.3, -0.25) is 0 Å². The molecule has 0 aromatic carbocycles. The van der Waals surface area contributed by atoms with Gasteiger partial charge in [0, 0.05) is 6.54 Å². The van der Waals surface area contributed by atoms with Gasteiger partial charge < -0.3 is 14.8 Å². The highest BCUT2D eigenvalue weighted by atomic mass is 16.4. The number of aliphatic hydroxyl groups excluding tert-OH is 1. The fourth-order valence-electron chi connectivity index (χ4n) is 0.927. The van der Waals surface area contributed by atoms with E-state index in [1.165, 1.54) is 0 Å². The molecule has 1 aliphatic heterocycles. The molecule has 0 bridgehead atoms. The number of hydrogen-bond donors (Lipinski definition) is 2. The Morgan fingerprint density at radius 1 is 1.70 bits per heavy atom. The lowest BCUT2D eigenvalue weighted by atomic mass is 10.3. The van der Waals surface area contributed by atoms with Crippen LogP contribution in [0.15, 0.2) is 16.5 Å². The summed E-state index contributed by atoms with van der Waals surface area (Å²) in [6.45, 7) is 0.991. The average Bonchev–Trinajstić information content (AvgIpc) is 2.70. The maximum Gasteiger partial charge on any atom is 0.129 e. The van der Waals surface area contributed by atoms with Crippen LogP contribution < -0.4 is 5.32 Å². The summed E-state index contributed by atoms with van der Waals surface area (Å²) in [7, 11) is 0. The Morgan fingerprint density at radius 2 is 2.50 bits per heavy atom. The minimum Gasteiger partial charge on any atom is -0.462 e. The van der Waals surface area contributed by atoms with Gasteiger partial charge in [-0.05, 0) is 12.1 Å². The first kappa shape index (κ1) is 5.95. The van der Waals surface area contributed by atoms with Crippen LogP contribution in [0.25, 0.3) is 0 Å². The maximum atomic E-state index is 8.64. The summed E-state index contributed by atoms with van der Waals surface area (Å²) in [6, 6.07) is 4.10. The smallest absolute Gasteiger partial charge is 0.129 e. The van der Waals surface area contributed by atoms with Crippen LogP contribution in [-0.2, 0) is 6.61 Å². The molecule has 2 rings (SSSR count). The van der Waals surface area contributed by atoms with Crippen LogP contribution in [0, 0.1) is 0 Å². The Bertz CT molecular complexity index is 227. The van der Waals surface area contributed by atoms with Crippen LogP contribution >= 0.6 is 0 Å². The Morgan fingerprint density at radius 3 is 3.00 bits per heavy atom. The van der Waals surface area contributed by atoms with Gasteiger partial charge in [0.2, 0.25) is 0 Å². The van der Waals surface area contributed by atoms with Crippen molar-refractivity contribution in [2.45, 2.75) is 12.6 Å². The van der Waals surface area contributed by atoms with Crippen LogP contribution in [0.3, 0.4) is 0 Å². The molecule has 3 heteroatoms. The zero-order chi connectivity index (χ0) is 6.97. The molecule has 1 atom stereocenters. The van der Waals surface area contributed by atoms with E-state index in [0.717, 1.165) is 12.3 Å². The molecule has 1 fully saturated rings. The summed E-state index contributed by atoms with van der Waals surface area (Å²) in [5.74, 6) is 1.58. The Labute approximate surface area is 58.7 Å². The molecule has 1 saturated heterocycles. The highest BCUT2D eigenvalue weighted by Gasteiger charge is 2.25. The van der Waals surface area contributed by atoms with Gasteiger partial charge in [0.15, 0.2) is 0 Å². The maximum absolute atomic E-state index is 8.64. The highest BCUT2D eigenvalue weighted by Crippen LogP contribution is 2.23. The zero-order valence-corrected chi connectivity index (χ0v) is 5.50. The van der Waals surface area contributed by atoms with E-state index in [2.05, 4.69) is 5.32 Å². The van der Waals surface area contributed by atoms with Crippen LogP contribution in [0.5, 0.6) is 0 Å². The summed E-state index contributed by atoms with van der Waals surface area (Å²) in [6.07, 6.45) is 0. The van der Waals surface area contributed by atoms with Gasteiger partial charge in [0.25, 0.3) is 0 Å². The van der Waals surface area contributed by atoms with Gasteiger partial charge in [0.1, 0.15) is 18.1 Å². The zero-order valence-electron chi connectivity index (χ0n) is 5.50. The SMILES string of the molecule is OCc1ccc([C@H]2CN2)o1. The summed E-state index contributed by atoms with van der Waals surface area (Å²) in [5.41, 5.74) is 0. The molecule has 0 unspecified atom stereocenters. The topological polar surface area (TPSA) is 55.3 Å². The van der Waals surface area contributed by atoms with Gasteiger partial charge >= 0.3 is 0 Å². The van der Waals surface area contributed by atoms with E-state index in [9.17, 15) is 0 Å². The highest BCUT2D eigenvalue weighted by molar-refractivity contribution is 5.14. The first-order chi connectivity index (χ1) is 4.90. The van der Waals surface area contributed by atoms with E-state index >= 15 is 0 Å². The molecule has 3 nitrogen and oxygen atoms in total. The molecule has 2 N–H and O–H groups in total. The van der Waals surface area contributed by atoms with E-state index in [1.807, 2.05) is 6.07 Å². The van der Waals surface area contributed by atoms with Crippen molar-refractivity contribution >= 4 is 0 Å². The molecular formula is C7H9NO2. The summed E-state index contributed by atoms with van der Waals surface area (Å²) in [4.78, 5) is 0. The van der Waals surface area contributed by atoms with Crippen molar-refractivity contribution in [2.75, 3.05) is 6.54 Å². The average molecular weight is 139 g/mol. The third-order valence-electron chi connectivity index (χ3n) is 1.59. The van der Waals surface area contributed by atoms with Crippen molar-refractivity contribution in [1.82, 2.24) is 5.32 Å². The quantitative estimate of drug-likeness (QED) is 0.584. The third-order valence-corrected chi connectivity index (χ3v) is 1.59.